The molecule has 1 aromatic carbocycles. The van der Waals surface area contributed by atoms with E-state index in [1.165, 1.54) is 6.07 Å². The van der Waals surface area contributed by atoms with Gasteiger partial charge in [-0.25, -0.2) is 4.39 Å². The number of halogens is 2. The van der Waals surface area contributed by atoms with E-state index >= 15 is 0 Å². The van der Waals surface area contributed by atoms with E-state index in [1.807, 2.05) is 19.9 Å². The predicted octanol–water partition coefficient (Wildman–Crippen LogP) is 4.52. The summed E-state index contributed by atoms with van der Waals surface area (Å²) >= 11 is 3.24. The highest BCUT2D eigenvalue weighted by molar-refractivity contribution is 9.10. The molecule has 0 aliphatic carbocycles. The van der Waals surface area contributed by atoms with Crippen LogP contribution in [0.15, 0.2) is 39.2 Å². The number of benzene rings is 1. The first-order valence-electron chi connectivity index (χ1n) is 5.90. The third kappa shape index (κ3) is 2.82. The third-order valence-corrected chi connectivity index (χ3v) is 3.25. The van der Waals surface area contributed by atoms with E-state index in [0.717, 1.165) is 16.8 Å². The molecule has 2 nitrogen and oxygen atoms in total. The van der Waals surface area contributed by atoms with Gasteiger partial charge in [0.25, 0.3) is 0 Å². The summed E-state index contributed by atoms with van der Waals surface area (Å²) in [5, 5.41) is 3.26. The van der Waals surface area contributed by atoms with E-state index in [-0.39, 0.29) is 11.9 Å². The fraction of sp³-hybridized carbons (Fsp3) is 0.286. The monoisotopic (exact) mass is 311 g/mol. The average molecular weight is 312 g/mol. The van der Waals surface area contributed by atoms with Crippen molar-refractivity contribution in [3.8, 4) is 11.3 Å². The molecule has 96 valence electrons. The molecular formula is C14H15BrFNO. The standard InChI is InChI=1S/C14H15BrFNO/c1-3-17-9(2)13-6-7-14(18-13)11-5-4-10(15)8-12(11)16/h4-9,17H,3H2,1-2H3. The van der Waals surface area contributed by atoms with Gasteiger partial charge < -0.3 is 9.73 Å². The molecule has 1 unspecified atom stereocenters. The van der Waals surface area contributed by atoms with Gasteiger partial charge in [0.2, 0.25) is 0 Å². The van der Waals surface area contributed by atoms with E-state index in [2.05, 4.69) is 21.2 Å². The summed E-state index contributed by atoms with van der Waals surface area (Å²) < 4.78 is 20.2. The normalized spacial score (nSPS) is 12.7. The van der Waals surface area contributed by atoms with Crippen molar-refractivity contribution >= 4 is 15.9 Å². The number of hydrogen-bond donors (Lipinski definition) is 1. The fourth-order valence-corrected chi connectivity index (χ4v) is 2.16. The summed E-state index contributed by atoms with van der Waals surface area (Å²) in [6, 6.07) is 8.75. The maximum Gasteiger partial charge on any atom is 0.137 e. The van der Waals surface area contributed by atoms with Crippen LogP contribution in [0.2, 0.25) is 0 Å². The van der Waals surface area contributed by atoms with Crippen LogP contribution in [0.4, 0.5) is 4.39 Å². The van der Waals surface area contributed by atoms with Crippen LogP contribution in [-0.4, -0.2) is 6.54 Å². The Hall–Kier alpha value is -1.13. The van der Waals surface area contributed by atoms with E-state index < -0.39 is 0 Å². The van der Waals surface area contributed by atoms with Crippen LogP contribution in [0.5, 0.6) is 0 Å². The van der Waals surface area contributed by atoms with Crippen molar-refractivity contribution in [2.24, 2.45) is 0 Å². The molecule has 0 amide bonds. The lowest BCUT2D eigenvalue weighted by molar-refractivity contribution is 0.443. The molecule has 0 fully saturated rings. The van der Waals surface area contributed by atoms with Crippen molar-refractivity contribution in [3.63, 3.8) is 0 Å². The summed E-state index contributed by atoms with van der Waals surface area (Å²) in [4.78, 5) is 0. The van der Waals surface area contributed by atoms with Gasteiger partial charge in [-0.3, -0.25) is 0 Å². The minimum atomic E-state index is -0.290. The summed E-state index contributed by atoms with van der Waals surface area (Å²) in [5.41, 5.74) is 0.480. The van der Waals surface area contributed by atoms with E-state index in [4.69, 9.17) is 4.42 Å². The second-order valence-corrected chi connectivity index (χ2v) is 5.02. The van der Waals surface area contributed by atoms with Crippen LogP contribution in [0, 0.1) is 5.82 Å². The Morgan fingerprint density at radius 2 is 2.11 bits per heavy atom. The highest BCUT2D eigenvalue weighted by atomic mass is 79.9. The minimum absolute atomic E-state index is 0.127. The largest absolute Gasteiger partial charge is 0.459 e. The fourth-order valence-electron chi connectivity index (χ4n) is 1.83. The molecule has 1 N–H and O–H groups in total. The molecule has 1 aromatic heterocycles. The van der Waals surface area contributed by atoms with Crippen molar-refractivity contribution in [1.82, 2.24) is 5.32 Å². The zero-order chi connectivity index (χ0) is 13.1. The van der Waals surface area contributed by atoms with Crippen LogP contribution >= 0.6 is 15.9 Å². The van der Waals surface area contributed by atoms with Crippen molar-refractivity contribution in [3.05, 3.63) is 46.4 Å². The molecule has 18 heavy (non-hydrogen) atoms. The van der Waals surface area contributed by atoms with Gasteiger partial charge in [0.1, 0.15) is 17.3 Å². The van der Waals surface area contributed by atoms with Crippen LogP contribution in [0.1, 0.15) is 25.6 Å². The Balaban J connectivity index is 2.29. The van der Waals surface area contributed by atoms with Gasteiger partial charge in [-0.1, -0.05) is 22.9 Å². The van der Waals surface area contributed by atoms with Crippen molar-refractivity contribution in [1.29, 1.82) is 0 Å². The molecule has 0 saturated heterocycles. The van der Waals surface area contributed by atoms with Gasteiger partial charge >= 0.3 is 0 Å². The van der Waals surface area contributed by atoms with Crippen LogP contribution < -0.4 is 5.32 Å². The Kier molecular flexibility index (Phi) is 4.19. The lowest BCUT2D eigenvalue weighted by Gasteiger charge is -2.08. The molecule has 1 heterocycles. The molecule has 2 aromatic rings. The highest BCUT2D eigenvalue weighted by Gasteiger charge is 2.13. The molecule has 2 rings (SSSR count). The van der Waals surface area contributed by atoms with Crippen LogP contribution in [0.3, 0.4) is 0 Å². The smallest absolute Gasteiger partial charge is 0.137 e. The molecule has 0 radical (unpaired) electrons. The second kappa shape index (κ2) is 5.67. The van der Waals surface area contributed by atoms with Crippen LogP contribution in [-0.2, 0) is 0 Å². The van der Waals surface area contributed by atoms with Gasteiger partial charge in [0, 0.05) is 4.47 Å². The van der Waals surface area contributed by atoms with Crippen molar-refractivity contribution < 1.29 is 8.81 Å². The lowest BCUT2D eigenvalue weighted by Crippen LogP contribution is -2.16. The molecule has 1 atom stereocenters. The topological polar surface area (TPSA) is 25.2 Å². The summed E-state index contributed by atoms with van der Waals surface area (Å²) in [6.45, 7) is 4.92. The quantitative estimate of drug-likeness (QED) is 0.898. The maximum atomic E-state index is 13.8. The maximum absolute atomic E-state index is 13.8. The van der Waals surface area contributed by atoms with Gasteiger partial charge in [0.05, 0.1) is 11.6 Å². The van der Waals surface area contributed by atoms with Gasteiger partial charge in [-0.05, 0) is 43.8 Å². The van der Waals surface area contributed by atoms with E-state index in [0.29, 0.717) is 11.3 Å². The number of hydrogen-bond acceptors (Lipinski definition) is 2. The van der Waals surface area contributed by atoms with Crippen molar-refractivity contribution in [2.75, 3.05) is 6.54 Å². The lowest BCUT2D eigenvalue weighted by atomic mass is 10.1. The summed E-state index contributed by atoms with van der Waals surface area (Å²) in [6.07, 6.45) is 0. The SMILES string of the molecule is CCNC(C)c1ccc(-c2ccc(Br)cc2F)o1. The first kappa shape index (κ1) is 13.3. The molecule has 0 aliphatic rings. The summed E-state index contributed by atoms with van der Waals surface area (Å²) in [7, 11) is 0. The summed E-state index contributed by atoms with van der Waals surface area (Å²) in [5.74, 6) is 1.08. The average Bonchev–Trinajstić information content (AvgIpc) is 2.78. The van der Waals surface area contributed by atoms with Crippen LogP contribution in [0.25, 0.3) is 11.3 Å². The van der Waals surface area contributed by atoms with Crippen molar-refractivity contribution in [2.45, 2.75) is 19.9 Å². The molecule has 0 bridgehead atoms. The molecule has 0 saturated carbocycles. The molecular weight excluding hydrogens is 297 g/mol. The number of furan rings is 1. The third-order valence-electron chi connectivity index (χ3n) is 2.76. The predicted molar refractivity (Wildman–Crippen MR) is 73.9 cm³/mol. The highest BCUT2D eigenvalue weighted by Crippen LogP contribution is 2.28. The zero-order valence-electron chi connectivity index (χ0n) is 10.3. The Morgan fingerprint density at radius 3 is 2.78 bits per heavy atom. The van der Waals surface area contributed by atoms with E-state index in [1.54, 1.807) is 18.2 Å². The van der Waals surface area contributed by atoms with Gasteiger partial charge in [-0.2, -0.15) is 0 Å². The molecule has 0 spiro atoms. The zero-order valence-corrected chi connectivity index (χ0v) is 11.9. The molecule has 0 aliphatic heterocycles. The number of rotatable bonds is 4. The minimum Gasteiger partial charge on any atom is -0.459 e. The molecule has 4 heteroatoms. The Morgan fingerprint density at radius 1 is 1.33 bits per heavy atom. The Bertz CT molecular complexity index is 538. The van der Waals surface area contributed by atoms with Gasteiger partial charge in [-0.15, -0.1) is 0 Å². The van der Waals surface area contributed by atoms with E-state index in [9.17, 15) is 4.39 Å². The second-order valence-electron chi connectivity index (χ2n) is 4.11. The first-order chi connectivity index (χ1) is 8.61. The first-order valence-corrected chi connectivity index (χ1v) is 6.69. The Labute approximate surface area is 114 Å². The number of nitrogens with one attached hydrogen (secondary N) is 1. The van der Waals surface area contributed by atoms with Gasteiger partial charge in [0.15, 0.2) is 0 Å².